The SMILES string of the molecule is COC(=O)c1c(NC(=O)[C@H](C)SCc2ccccc2)sc2c1CCC2. The van der Waals surface area contributed by atoms with Gasteiger partial charge >= 0.3 is 5.97 Å². The first kappa shape index (κ1) is 18.0. The van der Waals surface area contributed by atoms with Crippen LogP contribution in [0.25, 0.3) is 0 Å². The van der Waals surface area contributed by atoms with Crippen LogP contribution in [0.3, 0.4) is 0 Å². The number of methoxy groups -OCH3 is 1. The molecule has 25 heavy (non-hydrogen) atoms. The zero-order valence-corrected chi connectivity index (χ0v) is 16.0. The van der Waals surface area contributed by atoms with E-state index in [0.29, 0.717) is 10.6 Å². The summed E-state index contributed by atoms with van der Waals surface area (Å²) in [5.74, 6) is 0.338. The average Bonchev–Trinajstić information content (AvgIpc) is 3.20. The van der Waals surface area contributed by atoms with Gasteiger partial charge in [0.15, 0.2) is 0 Å². The number of thiophene rings is 1. The summed E-state index contributed by atoms with van der Waals surface area (Å²) in [4.78, 5) is 25.9. The van der Waals surface area contributed by atoms with Gasteiger partial charge in [-0.3, -0.25) is 4.79 Å². The molecule has 0 aliphatic heterocycles. The summed E-state index contributed by atoms with van der Waals surface area (Å²) in [6, 6.07) is 10.1. The Morgan fingerprint density at radius 2 is 2.04 bits per heavy atom. The maximum absolute atomic E-state index is 12.5. The maximum Gasteiger partial charge on any atom is 0.341 e. The van der Waals surface area contributed by atoms with Gasteiger partial charge in [-0.15, -0.1) is 23.1 Å². The molecule has 1 aromatic carbocycles. The number of amides is 1. The van der Waals surface area contributed by atoms with Crippen molar-refractivity contribution in [3.05, 3.63) is 51.9 Å². The van der Waals surface area contributed by atoms with E-state index in [9.17, 15) is 9.59 Å². The van der Waals surface area contributed by atoms with Crippen LogP contribution < -0.4 is 5.32 Å². The number of nitrogens with one attached hydrogen (secondary N) is 1. The van der Waals surface area contributed by atoms with Crippen LogP contribution in [-0.4, -0.2) is 24.2 Å². The summed E-state index contributed by atoms with van der Waals surface area (Å²) in [5, 5.41) is 3.38. The molecule has 1 N–H and O–H groups in total. The summed E-state index contributed by atoms with van der Waals surface area (Å²) >= 11 is 3.09. The summed E-state index contributed by atoms with van der Waals surface area (Å²) in [6.07, 6.45) is 2.91. The number of ether oxygens (including phenoxy) is 1. The van der Waals surface area contributed by atoms with Crippen LogP contribution in [0.15, 0.2) is 30.3 Å². The van der Waals surface area contributed by atoms with Gasteiger partial charge in [0.25, 0.3) is 0 Å². The van der Waals surface area contributed by atoms with Gasteiger partial charge in [0.1, 0.15) is 5.00 Å². The van der Waals surface area contributed by atoms with Gasteiger partial charge in [0.2, 0.25) is 5.91 Å². The highest BCUT2D eigenvalue weighted by Gasteiger charge is 2.28. The van der Waals surface area contributed by atoms with Gasteiger partial charge in [0, 0.05) is 10.6 Å². The van der Waals surface area contributed by atoms with E-state index in [-0.39, 0.29) is 17.1 Å². The minimum atomic E-state index is -0.362. The average molecular weight is 376 g/mol. The van der Waals surface area contributed by atoms with Crippen molar-refractivity contribution in [1.82, 2.24) is 0 Å². The van der Waals surface area contributed by atoms with Crippen LogP contribution in [0.2, 0.25) is 0 Å². The Morgan fingerprint density at radius 3 is 2.76 bits per heavy atom. The Kier molecular flexibility index (Phi) is 5.81. The number of hydrogen-bond donors (Lipinski definition) is 1. The number of anilines is 1. The Labute approximate surface area is 156 Å². The predicted octanol–water partition coefficient (Wildman–Crippen LogP) is 4.28. The highest BCUT2D eigenvalue weighted by Crippen LogP contribution is 2.39. The number of thioether (sulfide) groups is 1. The lowest BCUT2D eigenvalue weighted by Gasteiger charge is -2.12. The van der Waals surface area contributed by atoms with Gasteiger partial charge in [-0.1, -0.05) is 30.3 Å². The van der Waals surface area contributed by atoms with Gasteiger partial charge in [-0.25, -0.2) is 4.79 Å². The van der Waals surface area contributed by atoms with Crippen molar-refractivity contribution in [3.63, 3.8) is 0 Å². The van der Waals surface area contributed by atoms with Gasteiger partial charge in [0.05, 0.1) is 17.9 Å². The normalized spacial score (nSPS) is 14.0. The van der Waals surface area contributed by atoms with Crippen LogP contribution in [-0.2, 0) is 28.1 Å². The predicted molar refractivity (Wildman–Crippen MR) is 104 cm³/mol. The summed E-state index contributed by atoms with van der Waals surface area (Å²) in [5.41, 5.74) is 2.79. The number of esters is 1. The minimum absolute atomic E-state index is 0.0778. The number of benzene rings is 1. The highest BCUT2D eigenvalue weighted by molar-refractivity contribution is 7.99. The molecule has 0 unspecified atom stereocenters. The Morgan fingerprint density at radius 1 is 1.28 bits per heavy atom. The summed E-state index contributed by atoms with van der Waals surface area (Å²) < 4.78 is 4.92. The fraction of sp³-hybridized carbons (Fsp3) is 0.368. The van der Waals surface area contributed by atoms with Crippen molar-refractivity contribution in [2.24, 2.45) is 0 Å². The zero-order valence-electron chi connectivity index (χ0n) is 14.3. The topological polar surface area (TPSA) is 55.4 Å². The standard InChI is InChI=1S/C19H21NO3S2/c1-12(24-11-13-7-4-3-5-8-13)17(21)20-18-16(19(22)23-2)14-9-6-10-15(14)25-18/h3-5,7-8,12H,6,9-11H2,1-2H3,(H,20,21)/t12-/m0/s1. The number of aryl methyl sites for hydroxylation is 1. The highest BCUT2D eigenvalue weighted by atomic mass is 32.2. The molecule has 3 rings (SSSR count). The van der Waals surface area contributed by atoms with Crippen LogP contribution in [0, 0.1) is 0 Å². The first-order valence-corrected chi connectivity index (χ1v) is 10.2. The lowest BCUT2D eigenvalue weighted by molar-refractivity contribution is -0.115. The minimum Gasteiger partial charge on any atom is -0.465 e. The number of rotatable bonds is 6. The lowest BCUT2D eigenvalue weighted by atomic mass is 10.1. The largest absolute Gasteiger partial charge is 0.465 e. The van der Waals surface area contributed by atoms with E-state index in [0.717, 1.165) is 30.6 Å². The van der Waals surface area contributed by atoms with E-state index in [4.69, 9.17) is 4.74 Å². The molecule has 0 bridgehead atoms. The zero-order chi connectivity index (χ0) is 17.8. The van der Waals surface area contributed by atoms with Crippen molar-refractivity contribution in [1.29, 1.82) is 0 Å². The number of hydrogen-bond acceptors (Lipinski definition) is 5. The molecule has 1 amide bonds. The Hall–Kier alpha value is -1.79. The van der Waals surface area contributed by atoms with Crippen molar-refractivity contribution >= 4 is 40.0 Å². The van der Waals surface area contributed by atoms with E-state index in [1.54, 1.807) is 11.8 Å². The van der Waals surface area contributed by atoms with E-state index in [1.807, 2.05) is 25.1 Å². The molecule has 1 aliphatic rings. The molecule has 132 valence electrons. The van der Waals surface area contributed by atoms with Crippen LogP contribution in [0.5, 0.6) is 0 Å². The molecule has 0 spiro atoms. The number of carbonyl (C=O) groups excluding carboxylic acids is 2. The van der Waals surface area contributed by atoms with E-state index in [1.165, 1.54) is 28.9 Å². The quantitative estimate of drug-likeness (QED) is 0.766. The van der Waals surface area contributed by atoms with E-state index < -0.39 is 0 Å². The molecule has 0 saturated carbocycles. The molecule has 1 atom stereocenters. The number of fused-ring (bicyclic) bond motifs is 1. The van der Waals surface area contributed by atoms with Crippen LogP contribution >= 0.6 is 23.1 Å². The third-order valence-corrected chi connectivity index (χ3v) is 6.68. The first-order valence-electron chi connectivity index (χ1n) is 8.29. The molecule has 0 saturated heterocycles. The molecule has 1 aliphatic carbocycles. The number of carbonyl (C=O) groups is 2. The van der Waals surface area contributed by atoms with E-state index in [2.05, 4.69) is 17.4 Å². The molecule has 1 heterocycles. The van der Waals surface area contributed by atoms with Crippen LogP contribution in [0.4, 0.5) is 5.00 Å². The smallest absolute Gasteiger partial charge is 0.341 e. The molecule has 0 fully saturated rings. The first-order chi connectivity index (χ1) is 12.1. The molecule has 0 radical (unpaired) electrons. The monoisotopic (exact) mass is 375 g/mol. The maximum atomic E-state index is 12.5. The third-order valence-electron chi connectivity index (χ3n) is 4.26. The Balaban J connectivity index is 1.67. The summed E-state index contributed by atoms with van der Waals surface area (Å²) in [7, 11) is 1.38. The van der Waals surface area contributed by atoms with Crippen molar-refractivity contribution in [3.8, 4) is 0 Å². The molecule has 4 nitrogen and oxygen atoms in total. The molecule has 6 heteroatoms. The van der Waals surface area contributed by atoms with Crippen molar-refractivity contribution < 1.29 is 14.3 Å². The molecular weight excluding hydrogens is 354 g/mol. The van der Waals surface area contributed by atoms with Gasteiger partial charge in [-0.2, -0.15) is 0 Å². The van der Waals surface area contributed by atoms with Gasteiger partial charge in [-0.05, 0) is 37.3 Å². The second-order valence-electron chi connectivity index (χ2n) is 5.98. The molecule has 1 aromatic heterocycles. The molecular formula is C19H21NO3S2. The van der Waals surface area contributed by atoms with Crippen LogP contribution in [0.1, 0.15) is 39.7 Å². The second kappa shape index (κ2) is 8.06. The lowest BCUT2D eigenvalue weighted by Crippen LogP contribution is -2.23. The summed E-state index contributed by atoms with van der Waals surface area (Å²) in [6.45, 7) is 1.89. The fourth-order valence-electron chi connectivity index (χ4n) is 2.90. The van der Waals surface area contributed by atoms with Crippen molar-refractivity contribution in [2.45, 2.75) is 37.2 Å². The van der Waals surface area contributed by atoms with Gasteiger partial charge < -0.3 is 10.1 Å². The third kappa shape index (κ3) is 4.07. The Bertz CT molecular complexity index is 770. The fourth-order valence-corrected chi connectivity index (χ4v) is 5.02. The second-order valence-corrected chi connectivity index (χ2v) is 8.42. The van der Waals surface area contributed by atoms with E-state index >= 15 is 0 Å². The van der Waals surface area contributed by atoms with Crippen molar-refractivity contribution in [2.75, 3.05) is 12.4 Å². The molecule has 2 aromatic rings.